The van der Waals surface area contributed by atoms with Gasteiger partial charge in [0.2, 0.25) is 0 Å². The Kier molecular flexibility index (Phi) is 14.1. The van der Waals surface area contributed by atoms with Crippen LogP contribution in [0.15, 0.2) is 60.7 Å². The van der Waals surface area contributed by atoms with Crippen LogP contribution in [0.1, 0.15) is 37.1 Å². The van der Waals surface area contributed by atoms with Gasteiger partial charge in [-0.15, -0.1) is 12.1 Å². The van der Waals surface area contributed by atoms with Crippen molar-refractivity contribution in [3.05, 3.63) is 97.3 Å². The molecule has 2 rings (SSSR count). The molecule has 0 spiro atoms. The van der Waals surface area contributed by atoms with Gasteiger partial charge in [0.1, 0.15) is 0 Å². The minimum absolute atomic E-state index is 0. The molecule has 2 aromatic rings. The maximum atomic E-state index is 4.67. The number of rotatable bonds is 7. The van der Waals surface area contributed by atoms with Crippen LogP contribution < -0.4 is 0 Å². The summed E-state index contributed by atoms with van der Waals surface area (Å²) in [6.07, 6.45) is 0. The van der Waals surface area contributed by atoms with E-state index in [9.17, 15) is 0 Å². The zero-order valence-electron chi connectivity index (χ0n) is 14.9. The third kappa shape index (κ3) is 8.41. The average Bonchev–Trinajstić information content (AvgIpc) is 2.53. The Balaban J connectivity index is 0. The number of hydrogen-bond acceptors (Lipinski definition) is 0. The van der Waals surface area contributed by atoms with Crippen LogP contribution in [0, 0.1) is 14.9 Å². The summed E-state index contributed by atoms with van der Waals surface area (Å²) in [7, 11) is 0. The fourth-order valence-corrected chi connectivity index (χ4v) is 2.18. The summed E-state index contributed by atoms with van der Waals surface area (Å²) in [4.78, 5) is 0. The van der Waals surface area contributed by atoms with Gasteiger partial charge in [-0.2, -0.15) is 13.1 Å². The van der Waals surface area contributed by atoms with Crippen molar-refractivity contribution in [2.75, 3.05) is 13.1 Å². The molecule has 0 heterocycles. The number of nitrogens with zero attached hydrogens (tertiary/aromatic N) is 2. The third-order valence-electron chi connectivity index (χ3n) is 3.47. The third-order valence-corrected chi connectivity index (χ3v) is 3.47. The quantitative estimate of drug-likeness (QED) is 0.321. The minimum atomic E-state index is 0. The maximum Gasteiger partial charge on any atom is 0 e. The molecule has 2 atom stereocenters. The second-order valence-corrected chi connectivity index (χ2v) is 4.99. The number of benzene rings is 2. The summed E-state index contributed by atoms with van der Waals surface area (Å²) in [6.45, 7) is 5.84. The minimum Gasteiger partial charge on any atom is -0.657 e. The molecule has 0 saturated carbocycles. The van der Waals surface area contributed by atoms with Crippen LogP contribution in [0.3, 0.4) is 0 Å². The molecule has 0 aromatic heterocycles. The molecule has 124 valence electrons. The molecule has 0 aliphatic carbocycles. The zero-order valence-corrected chi connectivity index (χ0v) is 17.9. The largest absolute Gasteiger partial charge is 0.657 e. The molecule has 23 heavy (non-hydrogen) atoms. The van der Waals surface area contributed by atoms with Crippen molar-refractivity contribution in [2.45, 2.75) is 25.9 Å². The van der Waals surface area contributed by atoms with E-state index in [0.717, 1.165) is 13.1 Å². The molecule has 0 aliphatic heterocycles. The topological polar surface area (TPSA) is 28.2 Å². The van der Waals surface area contributed by atoms with Crippen LogP contribution in [0.25, 0.3) is 10.6 Å². The first kappa shape index (κ1) is 24.2. The van der Waals surface area contributed by atoms with E-state index in [1.165, 1.54) is 11.1 Å². The van der Waals surface area contributed by atoms with Crippen molar-refractivity contribution < 1.29 is 19.5 Å². The Morgan fingerprint density at radius 3 is 1.26 bits per heavy atom. The summed E-state index contributed by atoms with van der Waals surface area (Å²) < 4.78 is 0. The van der Waals surface area contributed by atoms with Crippen molar-refractivity contribution in [3.63, 3.8) is 0 Å². The van der Waals surface area contributed by atoms with Crippen LogP contribution in [0.4, 0.5) is 0 Å². The summed E-state index contributed by atoms with van der Waals surface area (Å²) in [5.74, 6) is 0. The summed E-state index contributed by atoms with van der Waals surface area (Å²) >= 11 is 0. The molecular formula is C20H28N2Zn-4. The fourth-order valence-electron chi connectivity index (χ4n) is 2.18. The smallest absolute Gasteiger partial charge is 0 e. The van der Waals surface area contributed by atoms with Gasteiger partial charge in [-0.3, -0.25) is 0 Å². The molecule has 0 N–H and O–H groups in total. The van der Waals surface area contributed by atoms with Gasteiger partial charge in [-0.1, -0.05) is 85.6 Å². The van der Waals surface area contributed by atoms with E-state index in [4.69, 9.17) is 0 Å². The SMILES string of the molecule is C[C@H]([N-]CC[N-][C@@H](C)c1ccccc1)c1ccccc1.[CH3-].[CH3-].[Zn]. The second kappa shape index (κ2) is 13.4. The van der Waals surface area contributed by atoms with Gasteiger partial charge >= 0.3 is 0 Å². The Bertz CT molecular complexity index is 440. The Labute approximate surface area is 155 Å². The first-order valence-corrected chi connectivity index (χ1v) is 7.20. The molecule has 0 aliphatic rings. The monoisotopic (exact) mass is 360 g/mol. The van der Waals surface area contributed by atoms with Gasteiger partial charge < -0.3 is 25.5 Å². The molecule has 0 radical (unpaired) electrons. The van der Waals surface area contributed by atoms with Crippen LogP contribution in [-0.2, 0) is 19.5 Å². The van der Waals surface area contributed by atoms with E-state index < -0.39 is 0 Å². The van der Waals surface area contributed by atoms with Gasteiger partial charge in [-0.25, -0.2) is 0 Å². The molecule has 2 nitrogen and oxygen atoms in total. The van der Waals surface area contributed by atoms with Crippen LogP contribution >= 0.6 is 0 Å². The van der Waals surface area contributed by atoms with E-state index in [1.54, 1.807) is 0 Å². The number of hydrogen-bond donors (Lipinski definition) is 0. The first-order valence-electron chi connectivity index (χ1n) is 7.20. The first-order chi connectivity index (χ1) is 9.77. The normalized spacial score (nSPS) is 12.1. The maximum absolute atomic E-state index is 4.67. The second-order valence-electron chi connectivity index (χ2n) is 4.99. The fraction of sp³-hybridized carbons (Fsp3) is 0.300. The van der Waals surface area contributed by atoms with Gasteiger partial charge in [0.25, 0.3) is 0 Å². The van der Waals surface area contributed by atoms with Crippen LogP contribution in [0.5, 0.6) is 0 Å². The molecule has 0 bridgehead atoms. The van der Waals surface area contributed by atoms with Crippen molar-refractivity contribution in [1.82, 2.24) is 0 Å². The van der Waals surface area contributed by atoms with Gasteiger partial charge in [0.15, 0.2) is 0 Å². The predicted molar refractivity (Wildman–Crippen MR) is 99.0 cm³/mol. The van der Waals surface area contributed by atoms with Crippen molar-refractivity contribution in [2.24, 2.45) is 0 Å². The molecule has 2 aromatic carbocycles. The summed E-state index contributed by atoms with van der Waals surface area (Å²) in [6, 6.07) is 21.3. The van der Waals surface area contributed by atoms with Crippen LogP contribution in [-0.4, -0.2) is 13.1 Å². The summed E-state index contributed by atoms with van der Waals surface area (Å²) in [5.41, 5.74) is 2.53. The summed E-state index contributed by atoms with van der Waals surface area (Å²) in [5, 5.41) is 9.33. The molecular weight excluding hydrogens is 334 g/mol. The van der Waals surface area contributed by atoms with Crippen molar-refractivity contribution >= 4 is 0 Å². The van der Waals surface area contributed by atoms with E-state index >= 15 is 0 Å². The Hall–Kier alpha value is -1.02. The average molecular weight is 362 g/mol. The Morgan fingerprint density at radius 1 is 0.652 bits per heavy atom. The predicted octanol–water partition coefficient (Wildman–Crippen LogP) is 6.15. The molecule has 0 saturated heterocycles. The van der Waals surface area contributed by atoms with E-state index in [2.05, 4.69) is 73.0 Å². The van der Waals surface area contributed by atoms with E-state index in [-0.39, 0.29) is 46.4 Å². The van der Waals surface area contributed by atoms with E-state index in [1.807, 2.05) is 12.1 Å². The van der Waals surface area contributed by atoms with Gasteiger partial charge in [0, 0.05) is 19.5 Å². The van der Waals surface area contributed by atoms with E-state index in [0.29, 0.717) is 0 Å². The zero-order chi connectivity index (χ0) is 14.2. The molecule has 0 unspecified atom stereocenters. The van der Waals surface area contributed by atoms with Crippen molar-refractivity contribution in [1.29, 1.82) is 0 Å². The Morgan fingerprint density at radius 2 is 0.957 bits per heavy atom. The molecule has 0 fully saturated rings. The van der Waals surface area contributed by atoms with Crippen molar-refractivity contribution in [3.8, 4) is 0 Å². The molecule has 0 amide bonds. The van der Waals surface area contributed by atoms with Crippen LogP contribution in [0.2, 0.25) is 0 Å². The van der Waals surface area contributed by atoms with Gasteiger partial charge in [-0.05, 0) is 0 Å². The standard InChI is InChI=1S/C18H22N2.2CH3.Zn/c1-15(17-9-5-3-6-10-17)19-13-14-20-16(2)18-11-7-4-8-12-18;;;/h3-12,15-16H,13-14H2,1-2H3;2*1H3;/q-2;2*-1;/t15-,16-;;;/m0.../s1. The molecule has 3 heteroatoms. The van der Waals surface area contributed by atoms with Gasteiger partial charge in [0.05, 0.1) is 0 Å².